The predicted octanol–water partition coefficient (Wildman–Crippen LogP) is 4.33. The van der Waals surface area contributed by atoms with E-state index in [4.69, 9.17) is 27.9 Å². The molecule has 0 unspecified atom stereocenters. The van der Waals surface area contributed by atoms with Gasteiger partial charge in [0.25, 0.3) is 0 Å². The van der Waals surface area contributed by atoms with Gasteiger partial charge in [-0.15, -0.1) is 0 Å². The molecule has 0 aromatic heterocycles. The maximum Gasteiger partial charge on any atom is 0.306 e. The molecular weight excluding hydrogens is 411 g/mol. The number of benzene rings is 2. The average molecular weight is 429 g/mol. The van der Waals surface area contributed by atoms with Gasteiger partial charge in [0.1, 0.15) is 5.75 Å². The number of carbonyl (C=O) groups is 1. The van der Waals surface area contributed by atoms with Crippen LogP contribution in [0.4, 0.5) is 0 Å². The Balaban J connectivity index is 1.77. The van der Waals surface area contributed by atoms with Crippen molar-refractivity contribution < 1.29 is 23.1 Å². The standard InChI is InChI=1S/C19H18Cl2O5S/c20-13-5-7-14(8-6-13)26-11-12-9-15(10-16(12)19(22)23)27(24,25)18-4-2-1-3-17(18)21/h1-8,12,15-16H,9-11H2,(H,22,23)/t12-,15+,16+/m0/s1. The lowest BCUT2D eigenvalue weighted by atomic mass is 9.97. The van der Waals surface area contributed by atoms with E-state index in [2.05, 4.69) is 0 Å². The molecule has 3 atom stereocenters. The monoisotopic (exact) mass is 428 g/mol. The van der Waals surface area contributed by atoms with E-state index >= 15 is 0 Å². The highest BCUT2D eigenvalue weighted by atomic mass is 35.5. The predicted molar refractivity (Wildman–Crippen MR) is 103 cm³/mol. The topological polar surface area (TPSA) is 80.7 Å². The maximum atomic E-state index is 12.9. The minimum atomic E-state index is -3.73. The minimum absolute atomic E-state index is 0.0392. The summed E-state index contributed by atoms with van der Waals surface area (Å²) < 4.78 is 31.6. The van der Waals surface area contributed by atoms with Crippen molar-refractivity contribution in [2.75, 3.05) is 6.61 Å². The smallest absolute Gasteiger partial charge is 0.306 e. The third-order valence-corrected chi connectivity index (χ3v) is 7.75. The summed E-state index contributed by atoms with van der Waals surface area (Å²) in [5.41, 5.74) is 0. The average Bonchev–Trinajstić information content (AvgIpc) is 3.07. The number of hydrogen-bond acceptors (Lipinski definition) is 4. The Morgan fingerprint density at radius 2 is 1.74 bits per heavy atom. The van der Waals surface area contributed by atoms with Crippen molar-refractivity contribution in [1.29, 1.82) is 0 Å². The van der Waals surface area contributed by atoms with Crippen LogP contribution in [0.2, 0.25) is 10.0 Å². The van der Waals surface area contributed by atoms with Gasteiger partial charge in [0.15, 0.2) is 9.84 Å². The summed E-state index contributed by atoms with van der Waals surface area (Å²) in [6.45, 7) is 0.118. The molecule has 1 N–H and O–H groups in total. The summed E-state index contributed by atoms with van der Waals surface area (Å²) in [6, 6.07) is 12.9. The zero-order valence-electron chi connectivity index (χ0n) is 14.2. The zero-order valence-corrected chi connectivity index (χ0v) is 16.5. The molecule has 2 aromatic carbocycles. The van der Waals surface area contributed by atoms with E-state index in [1.54, 1.807) is 36.4 Å². The SMILES string of the molecule is O=C(O)[C@@H]1C[C@H](S(=O)(=O)c2ccccc2Cl)C[C@H]1COc1ccc(Cl)cc1. The highest BCUT2D eigenvalue weighted by molar-refractivity contribution is 7.92. The fourth-order valence-electron chi connectivity index (χ4n) is 3.40. The largest absolute Gasteiger partial charge is 0.493 e. The van der Waals surface area contributed by atoms with Crippen LogP contribution in [0.25, 0.3) is 0 Å². The van der Waals surface area contributed by atoms with E-state index in [-0.39, 0.29) is 29.4 Å². The molecule has 8 heteroatoms. The Kier molecular flexibility index (Phi) is 5.99. The summed E-state index contributed by atoms with van der Waals surface area (Å²) in [4.78, 5) is 11.7. The first-order valence-corrected chi connectivity index (χ1v) is 10.7. The van der Waals surface area contributed by atoms with Gasteiger partial charge in [0.05, 0.1) is 27.7 Å². The molecule has 0 spiro atoms. The van der Waals surface area contributed by atoms with Crippen LogP contribution in [0.5, 0.6) is 5.75 Å². The molecule has 0 radical (unpaired) electrons. The summed E-state index contributed by atoms with van der Waals surface area (Å²) >= 11 is 11.9. The molecule has 1 aliphatic rings. The lowest BCUT2D eigenvalue weighted by Gasteiger charge is -2.16. The molecule has 0 amide bonds. The molecule has 0 aliphatic heterocycles. The van der Waals surface area contributed by atoms with Gasteiger partial charge in [0, 0.05) is 10.9 Å². The van der Waals surface area contributed by atoms with E-state index in [9.17, 15) is 18.3 Å². The van der Waals surface area contributed by atoms with Gasteiger partial charge >= 0.3 is 5.97 Å². The lowest BCUT2D eigenvalue weighted by molar-refractivity contribution is -0.143. The van der Waals surface area contributed by atoms with Crippen LogP contribution in [0.1, 0.15) is 12.8 Å². The van der Waals surface area contributed by atoms with Crippen LogP contribution >= 0.6 is 23.2 Å². The fourth-order valence-corrected chi connectivity index (χ4v) is 5.92. The van der Waals surface area contributed by atoms with Gasteiger partial charge < -0.3 is 9.84 Å². The van der Waals surface area contributed by atoms with Crippen LogP contribution in [-0.2, 0) is 14.6 Å². The number of carboxylic acids is 1. The molecule has 1 fully saturated rings. The van der Waals surface area contributed by atoms with Crippen molar-refractivity contribution >= 4 is 39.0 Å². The number of hydrogen-bond donors (Lipinski definition) is 1. The van der Waals surface area contributed by atoms with Gasteiger partial charge in [-0.25, -0.2) is 8.42 Å². The van der Waals surface area contributed by atoms with Crippen molar-refractivity contribution in [1.82, 2.24) is 0 Å². The molecule has 27 heavy (non-hydrogen) atoms. The van der Waals surface area contributed by atoms with Crippen molar-refractivity contribution in [3.63, 3.8) is 0 Å². The number of ether oxygens (including phenoxy) is 1. The Morgan fingerprint density at radius 1 is 1.07 bits per heavy atom. The van der Waals surface area contributed by atoms with E-state index in [1.807, 2.05) is 0 Å². The lowest BCUT2D eigenvalue weighted by Crippen LogP contribution is -2.23. The van der Waals surface area contributed by atoms with Crippen molar-refractivity contribution in [3.8, 4) is 5.75 Å². The molecule has 3 rings (SSSR count). The van der Waals surface area contributed by atoms with Crippen LogP contribution < -0.4 is 4.74 Å². The van der Waals surface area contributed by atoms with Gasteiger partial charge in [-0.3, -0.25) is 4.79 Å². The second-order valence-corrected chi connectivity index (χ2v) is 9.58. The molecule has 2 aromatic rings. The number of halogens is 2. The fraction of sp³-hybridized carbons (Fsp3) is 0.316. The summed E-state index contributed by atoms with van der Waals surface area (Å²) in [7, 11) is -3.73. The first-order chi connectivity index (χ1) is 12.8. The van der Waals surface area contributed by atoms with Gasteiger partial charge in [-0.1, -0.05) is 35.3 Å². The minimum Gasteiger partial charge on any atom is -0.493 e. The Bertz CT molecular complexity index is 927. The second kappa shape index (κ2) is 8.09. The summed E-state index contributed by atoms with van der Waals surface area (Å²) in [6.07, 6.45) is 0.246. The Hall–Kier alpha value is -1.76. The van der Waals surface area contributed by atoms with E-state index < -0.39 is 32.9 Å². The molecule has 5 nitrogen and oxygen atoms in total. The Morgan fingerprint density at radius 3 is 2.37 bits per heavy atom. The first-order valence-electron chi connectivity index (χ1n) is 8.38. The summed E-state index contributed by atoms with van der Waals surface area (Å²) in [5, 5.41) is 9.43. The van der Waals surface area contributed by atoms with Gasteiger partial charge in [0.2, 0.25) is 0 Å². The molecule has 144 valence electrons. The molecule has 0 saturated heterocycles. The third kappa shape index (κ3) is 4.39. The molecule has 0 bridgehead atoms. The van der Waals surface area contributed by atoms with Gasteiger partial charge in [-0.2, -0.15) is 0 Å². The van der Waals surface area contributed by atoms with Crippen LogP contribution in [-0.4, -0.2) is 31.4 Å². The van der Waals surface area contributed by atoms with Crippen molar-refractivity contribution in [2.24, 2.45) is 11.8 Å². The third-order valence-electron chi connectivity index (χ3n) is 4.83. The number of rotatable bonds is 6. The van der Waals surface area contributed by atoms with Gasteiger partial charge in [-0.05, 0) is 49.2 Å². The summed E-state index contributed by atoms with van der Waals surface area (Å²) in [5.74, 6) is -1.67. The van der Waals surface area contributed by atoms with Crippen LogP contribution in [0.15, 0.2) is 53.4 Å². The highest BCUT2D eigenvalue weighted by Gasteiger charge is 2.45. The normalized spacial score (nSPS) is 22.5. The quantitative estimate of drug-likeness (QED) is 0.740. The van der Waals surface area contributed by atoms with Crippen LogP contribution in [0.3, 0.4) is 0 Å². The second-order valence-electron chi connectivity index (χ2n) is 6.54. The Labute approximate surface area is 167 Å². The number of carboxylic acid groups (broad SMARTS) is 1. The van der Waals surface area contributed by atoms with E-state index in [1.165, 1.54) is 12.1 Å². The molecule has 1 aliphatic carbocycles. The highest BCUT2D eigenvalue weighted by Crippen LogP contribution is 2.40. The van der Waals surface area contributed by atoms with Crippen molar-refractivity contribution in [2.45, 2.75) is 23.0 Å². The molecule has 0 heterocycles. The first kappa shape index (κ1) is 20.0. The number of aliphatic carboxylic acids is 1. The number of sulfone groups is 1. The zero-order chi connectivity index (χ0) is 19.6. The van der Waals surface area contributed by atoms with E-state index in [0.29, 0.717) is 10.8 Å². The molecular formula is C19H18Cl2O5S. The van der Waals surface area contributed by atoms with Crippen LogP contribution in [0, 0.1) is 11.8 Å². The molecule has 1 saturated carbocycles. The van der Waals surface area contributed by atoms with E-state index in [0.717, 1.165) is 0 Å². The van der Waals surface area contributed by atoms with Crippen molar-refractivity contribution in [3.05, 3.63) is 58.6 Å². The maximum absolute atomic E-state index is 12.9.